The lowest BCUT2D eigenvalue weighted by molar-refractivity contribution is 0.393. The van der Waals surface area contributed by atoms with Crippen molar-refractivity contribution in [1.29, 1.82) is 0 Å². The Morgan fingerprint density at radius 1 is 1.10 bits per heavy atom. The van der Waals surface area contributed by atoms with Crippen LogP contribution in [-0.4, -0.2) is 27.0 Å². The molecule has 0 aliphatic heterocycles. The minimum absolute atomic E-state index is 0.254. The largest absolute Gasteiger partial charge is 0.496 e. The maximum absolute atomic E-state index is 13.3. The molecule has 7 heteroatoms. The Morgan fingerprint density at radius 2 is 1.90 bits per heavy atom. The molecular formula is C23H19FN4O2. The van der Waals surface area contributed by atoms with Crippen molar-refractivity contribution in [2.45, 2.75) is 20.4 Å². The minimum Gasteiger partial charge on any atom is -0.496 e. The molecule has 5 rings (SSSR count). The molecule has 30 heavy (non-hydrogen) atoms. The van der Waals surface area contributed by atoms with Crippen molar-refractivity contribution in [1.82, 2.24) is 19.9 Å². The highest BCUT2D eigenvalue weighted by Crippen LogP contribution is 2.38. The van der Waals surface area contributed by atoms with Crippen molar-refractivity contribution in [2.24, 2.45) is 0 Å². The highest BCUT2D eigenvalue weighted by molar-refractivity contribution is 6.05. The van der Waals surface area contributed by atoms with Gasteiger partial charge >= 0.3 is 0 Å². The molecule has 0 bridgehead atoms. The molecule has 0 spiro atoms. The second kappa shape index (κ2) is 6.95. The van der Waals surface area contributed by atoms with Crippen LogP contribution in [0.3, 0.4) is 0 Å². The molecule has 3 aromatic heterocycles. The van der Waals surface area contributed by atoms with Crippen LogP contribution in [0.25, 0.3) is 32.9 Å². The molecule has 2 aromatic carbocycles. The Hall–Kier alpha value is -3.74. The molecule has 0 aliphatic rings. The van der Waals surface area contributed by atoms with Crippen LogP contribution in [0.1, 0.15) is 17.0 Å². The van der Waals surface area contributed by atoms with E-state index < -0.39 is 0 Å². The minimum atomic E-state index is -0.254. The first-order valence-corrected chi connectivity index (χ1v) is 9.55. The van der Waals surface area contributed by atoms with Gasteiger partial charge in [0, 0.05) is 22.5 Å². The molecule has 0 amide bonds. The third-order valence-electron chi connectivity index (χ3n) is 5.33. The third-order valence-corrected chi connectivity index (χ3v) is 5.33. The van der Waals surface area contributed by atoms with Crippen molar-refractivity contribution in [2.75, 3.05) is 7.11 Å². The topological polar surface area (TPSA) is 66.0 Å². The second-order valence-corrected chi connectivity index (χ2v) is 7.26. The summed E-state index contributed by atoms with van der Waals surface area (Å²) in [7, 11) is 1.65. The average molecular weight is 402 g/mol. The van der Waals surface area contributed by atoms with Gasteiger partial charge < -0.3 is 9.26 Å². The molecule has 0 aliphatic carbocycles. The number of hydrogen-bond donors (Lipinski definition) is 0. The van der Waals surface area contributed by atoms with Gasteiger partial charge in [-0.05, 0) is 43.7 Å². The van der Waals surface area contributed by atoms with Crippen LogP contribution in [0, 0.1) is 19.7 Å². The van der Waals surface area contributed by atoms with Crippen LogP contribution in [-0.2, 0) is 6.54 Å². The number of nitrogens with zero attached hydrogens (tertiary/aromatic N) is 4. The molecule has 3 heterocycles. The van der Waals surface area contributed by atoms with Gasteiger partial charge in [-0.25, -0.2) is 4.39 Å². The van der Waals surface area contributed by atoms with E-state index in [-0.39, 0.29) is 5.82 Å². The number of pyridine rings is 1. The number of aryl methyl sites for hydroxylation is 2. The highest BCUT2D eigenvalue weighted by Gasteiger charge is 2.19. The first kappa shape index (κ1) is 18.3. The molecule has 0 unspecified atom stereocenters. The molecule has 5 aromatic rings. The second-order valence-electron chi connectivity index (χ2n) is 7.26. The van der Waals surface area contributed by atoms with E-state index in [0.717, 1.165) is 50.0 Å². The number of fused-ring (bicyclic) bond motifs is 3. The van der Waals surface area contributed by atoms with Gasteiger partial charge in [-0.3, -0.25) is 9.67 Å². The van der Waals surface area contributed by atoms with Crippen LogP contribution in [0.15, 0.2) is 53.3 Å². The zero-order chi connectivity index (χ0) is 20.8. The fourth-order valence-electron chi connectivity index (χ4n) is 3.91. The Bertz CT molecular complexity index is 1370. The van der Waals surface area contributed by atoms with Crippen LogP contribution < -0.4 is 4.74 Å². The number of benzene rings is 2. The van der Waals surface area contributed by atoms with Crippen LogP contribution in [0.4, 0.5) is 4.39 Å². The molecule has 0 saturated heterocycles. The van der Waals surface area contributed by atoms with E-state index in [1.165, 1.54) is 12.1 Å². The summed E-state index contributed by atoms with van der Waals surface area (Å²) < 4.78 is 26.2. The van der Waals surface area contributed by atoms with Crippen molar-refractivity contribution >= 4 is 21.8 Å². The summed E-state index contributed by atoms with van der Waals surface area (Å²) in [4.78, 5) is 4.64. The van der Waals surface area contributed by atoms with E-state index in [4.69, 9.17) is 9.26 Å². The van der Waals surface area contributed by atoms with Gasteiger partial charge in [0.15, 0.2) is 0 Å². The zero-order valence-electron chi connectivity index (χ0n) is 16.8. The summed E-state index contributed by atoms with van der Waals surface area (Å²) in [5.74, 6) is 1.18. The number of ether oxygens (including phenoxy) is 1. The molecule has 6 nitrogen and oxygen atoms in total. The van der Waals surface area contributed by atoms with E-state index >= 15 is 0 Å². The predicted octanol–water partition coefficient (Wildman–Crippen LogP) is 5.05. The van der Waals surface area contributed by atoms with Crippen LogP contribution in [0.5, 0.6) is 5.75 Å². The van der Waals surface area contributed by atoms with Gasteiger partial charge in [0.05, 0.1) is 42.1 Å². The summed E-state index contributed by atoms with van der Waals surface area (Å²) >= 11 is 0. The molecule has 0 radical (unpaired) electrons. The fourth-order valence-corrected chi connectivity index (χ4v) is 3.91. The fraction of sp³-hybridized carbons (Fsp3) is 0.174. The van der Waals surface area contributed by atoms with Crippen molar-refractivity contribution in [3.8, 4) is 16.9 Å². The third kappa shape index (κ3) is 2.90. The predicted molar refractivity (Wildman–Crippen MR) is 112 cm³/mol. The molecule has 0 fully saturated rings. The van der Waals surface area contributed by atoms with E-state index in [0.29, 0.717) is 12.3 Å². The molecule has 0 atom stereocenters. The van der Waals surface area contributed by atoms with E-state index in [1.54, 1.807) is 25.4 Å². The Morgan fingerprint density at radius 3 is 2.60 bits per heavy atom. The van der Waals surface area contributed by atoms with E-state index in [2.05, 4.69) is 15.2 Å². The van der Waals surface area contributed by atoms with Crippen molar-refractivity contribution in [3.63, 3.8) is 0 Å². The highest BCUT2D eigenvalue weighted by atomic mass is 19.1. The first-order chi connectivity index (χ1) is 14.5. The van der Waals surface area contributed by atoms with Gasteiger partial charge in [0.25, 0.3) is 0 Å². The summed E-state index contributed by atoms with van der Waals surface area (Å²) in [6, 6.07) is 10.4. The smallest absolute Gasteiger partial charge is 0.141 e. The molecule has 0 saturated carbocycles. The number of methoxy groups -OCH3 is 1. The monoisotopic (exact) mass is 402 g/mol. The van der Waals surface area contributed by atoms with Gasteiger partial charge in [-0.1, -0.05) is 17.3 Å². The Balaban J connectivity index is 1.71. The van der Waals surface area contributed by atoms with Crippen molar-refractivity contribution < 1.29 is 13.7 Å². The maximum atomic E-state index is 13.3. The molecular weight excluding hydrogens is 383 g/mol. The Labute approximate surface area is 171 Å². The number of rotatable bonds is 4. The standard InChI is InChI=1S/C23H19FN4O2/c1-13-22(14(2)30-27-13)19-8-20-18(9-21(19)29-3)23-16(10-25-20)11-26-28(23)12-15-4-6-17(24)7-5-15/h4-11H,12H2,1-3H3. The lowest BCUT2D eigenvalue weighted by Crippen LogP contribution is -2.02. The average Bonchev–Trinajstić information content (AvgIpc) is 3.31. The van der Waals surface area contributed by atoms with E-state index in [1.807, 2.05) is 36.9 Å². The number of hydrogen-bond acceptors (Lipinski definition) is 5. The zero-order valence-corrected chi connectivity index (χ0v) is 16.8. The maximum Gasteiger partial charge on any atom is 0.141 e. The summed E-state index contributed by atoms with van der Waals surface area (Å²) in [5.41, 5.74) is 5.33. The lowest BCUT2D eigenvalue weighted by Gasteiger charge is -2.12. The normalized spacial score (nSPS) is 11.5. The first-order valence-electron chi connectivity index (χ1n) is 9.55. The van der Waals surface area contributed by atoms with Gasteiger partial charge in [-0.15, -0.1) is 0 Å². The summed E-state index contributed by atoms with van der Waals surface area (Å²) in [5, 5.41) is 10.5. The number of aromatic nitrogens is 4. The summed E-state index contributed by atoms with van der Waals surface area (Å²) in [6.45, 7) is 4.31. The summed E-state index contributed by atoms with van der Waals surface area (Å²) in [6.07, 6.45) is 3.61. The lowest BCUT2D eigenvalue weighted by atomic mass is 10.00. The van der Waals surface area contributed by atoms with Gasteiger partial charge in [-0.2, -0.15) is 5.10 Å². The molecule has 0 N–H and O–H groups in total. The van der Waals surface area contributed by atoms with Crippen LogP contribution in [0.2, 0.25) is 0 Å². The van der Waals surface area contributed by atoms with E-state index in [9.17, 15) is 4.39 Å². The van der Waals surface area contributed by atoms with Gasteiger partial charge in [0.1, 0.15) is 17.3 Å². The molecule has 150 valence electrons. The number of halogens is 1. The quantitative estimate of drug-likeness (QED) is 0.421. The SMILES string of the molecule is COc1cc2c(cc1-c1c(C)noc1C)ncc1cnn(Cc3ccc(F)cc3)c12. The Kier molecular flexibility index (Phi) is 4.24. The van der Waals surface area contributed by atoms with Gasteiger partial charge in [0.2, 0.25) is 0 Å². The van der Waals surface area contributed by atoms with Crippen molar-refractivity contribution in [3.05, 3.63) is 71.6 Å². The van der Waals surface area contributed by atoms with Crippen LogP contribution >= 0.6 is 0 Å².